The summed E-state index contributed by atoms with van der Waals surface area (Å²) in [4.78, 5) is 30.6. The lowest BCUT2D eigenvalue weighted by molar-refractivity contribution is -0.173. The van der Waals surface area contributed by atoms with E-state index in [0.29, 0.717) is 22.3 Å². The molecule has 4 rings (SSSR count). The molecular formula is C21H16F3N5O2. The van der Waals surface area contributed by atoms with Crippen LogP contribution in [0, 0.1) is 0 Å². The molecule has 3 N–H and O–H groups in total. The Bertz CT molecular complexity index is 1240. The summed E-state index contributed by atoms with van der Waals surface area (Å²) in [7, 11) is 0. The predicted octanol–water partition coefficient (Wildman–Crippen LogP) is 3.78. The number of anilines is 1. The van der Waals surface area contributed by atoms with Crippen LogP contribution in [0.4, 0.5) is 18.9 Å². The van der Waals surface area contributed by atoms with Crippen molar-refractivity contribution in [2.45, 2.75) is 12.7 Å². The van der Waals surface area contributed by atoms with Crippen molar-refractivity contribution < 1.29 is 22.8 Å². The van der Waals surface area contributed by atoms with Gasteiger partial charge in [0.15, 0.2) is 0 Å². The van der Waals surface area contributed by atoms with Crippen molar-refractivity contribution in [1.29, 1.82) is 0 Å². The highest BCUT2D eigenvalue weighted by molar-refractivity contribution is 6.11. The van der Waals surface area contributed by atoms with Gasteiger partial charge in [-0.15, -0.1) is 0 Å². The minimum absolute atomic E-state index is 0.238. The topological polar surface area (TPSA) is 91.8 Å². The summed E-state index contributed by atoms with van der Waals surface area (Å²) in [5.41, 5.74) is 3.61. The molecule has 0 spiro atoms. The first-order valence-electron chi connectivity index (χ1n) is 9.17. The zero-order valence-corrected chi connectivity index (χ0v) is 15.9. The molecule has 0 aliphatic heterocycles. The van der Waals surface area contributed by atoms with E-state index in [0.717, 1.165) is 11.2 Å². The van der Waals surface area contributed by atoms with Crippen molar-refractivity contribution in [3.8, 4) is 5.69 Å². The average molecular weight is 427 g/mol. The lowest BCUT2D eigenvalue weighted by Gasteiger charge is -2.08. The Balaban J connectivity index is 1.42. The number of benzene rings is 2. The first-order chi connectivity index (χ1) is 14.8. The Morgan fingerprint density at radius 3 is 2.58 bits per heavy atom. The number of halogens is 3. The Labute approximate surface area is 173 Å². The van der Waals surface area contributed by atoms with Crippen LogP contribution in [-0.2, 0) is 11.3 Å². The highest BCUT2D eigenvalue weighted by Crippen LogP contribution is 2.19. The molecule has 0 radical (unpaired) electrons. The molecule has 10 heteroatoms. The smallest absolute Gasteiger partial charge is 0.345 e. The van der Waals surface area contributed by atoms with Gasteiger partial charge in [0.25, 0.3) is 5.91 Å². The van der Waals surface area contributed by atoms with E-state index in [2.05, 4.69) is 15.3 Å². The number of amides is 2. The van der Waals surface area contributed by atoms with Gasteiger partial charge in [-0.25, -0.2) is 4.98 Å². The molecule has 0 saturated carbocycles. The van der Waals surface area contributed by atoms with Crippen LogP contribution in [0.15, 0.2) is 67.3 Å². The fourth-order valence-corrected chi connectivity index (χ4v) is 3.05. The minimum atomic E-state index is -4.91. The number of rotatable bonds is 5. The van der Waals surface area contributed by atoms with E-state index in [1.165, 1.54) is 6.33 Å². The van der Waals surface area contributed by atoms with E-state index in [-0.39, 0.29) is 12.5 Å². The Hall–Kier alpha value is -4.08. The zero-order chi connectivity index (χ0) is 22.0. The number of hydrogen-bond acceptors (Lipinski definition) is 3. The number of aromatic amines is 1. The maximum atomic E-state index is 12.6. The molecule has 2 aromatic heterocycles. The standard InChI is InChI=1S/C21H16F3N5O2/c22-21(23,24)20(31)25-10-13-8-9-29(11-13)15-6-4-14(5-7-15)28-19(30)16-2-1-3-17-18(16)27-12-26-17/h1-9,11-12H,10H2,(H,25,31)(H,26,27)(H,28,30). The third-order valence-corrected chi connectivity index (χ3v) is 4.58. The van der Waals surface area contributed by atoms with Crippen LogP contribution >= 0.6 is 0 Å². The Kier molecular flexibility index (Phi) is 5.20. The fourth-order valence-electron chi connectivity index (χ4n) is 3.05. The van der Waals surface area contributed by atoms with Gasteiger partial charge in [0.2, 0.25) is 0 Å². The lowest BCUT2D eigenvalue weighted by Crippen LogP contribution is -2.36. The Morgan fingerprint density at radius 2 is 1.84 bits per heavy atom. The number of H-pyrrole nitrogens is 1. The summed E-state index contributed by atoms with van der Waals surface area (Å²) < 4.78 is 38.5. The van der Waals surface area contributed by atoms with Gasteiger partial charge in [0.1, 0.15) is 5.52 Å². The molecule has 31 heavy (non-hydrogen) atoms. The van der Waals surface area contributed by atoms with Gasteiger partial charge in [-0.1, -0.05) is 6.07 Å². The summed E-state index contributed by atoms with van der Waals surface area (Å²) in [6.07, 6.45) is -0.106. The van der Waals surface area contributed by atoms with Crippen molar-refractivity contribution in [1.82, 2.24) is 19.9 Å². The van der Waals surface area contributed by atoms with Crippen molar-refractivity contribution in [3.63, 3.8) is 0 Å². The molecule has 4 aromatic rings. The third-order valence-electron chi connectivity index (χ3n) is 4.58. The van der Waals surface area contributed by atoms with Crippen LogP contribution in [0.25, 0.3) is 16.7 Å². The number of alkyl halides is 3. The van der Waals surface area contributed by atoms with Crippen molar-refractivity contribution in [3.05, 3.63) is 78.4 Å². The molecule has 2 aromatic carbocycles. The number of fused-ring (bicyclic) bond motifs is 1. The van der Waals surface area contributed by atoms with E-state index in [9.17, 15) is 22.8 Å². The molecule has 0 aliphatic rings. The third kappa shape index (κ3) is 4.42. The summed E-state index contributed by atoms with van der Waals surface area (Å²) in [5.74, 6) is -2.28. The van der Waals surface area contributed by atoms with Gasteiger partial charge in [-0.05, 0) is 48.0 Å². The number of aromatic nitrogens is 3. The summed E-state index contributed by atoms with van der Waals surface area (Å²) in [6, 6.07) is 13.8. The molecule has 0 aliphatic carbocycles. The molecule has 2 amide bonds. The number of para-hydroxylation sites is 1. The number of hydrogen-bond donors (Lipinski definition) is 3. The first kappa shape index (κ1) is 20.2. The van der Waals surface area contributed by atoms with Gasteiger partial charge in [-0.2, -0.15) is 13.2 Å². The number of nitrogens with one attached hydrogen (secondary N) is 3. The second-order valence-electron chi connectivity index (χ2n) is 6.71. The molecule has 7 nitrogen and oxygen atoms in total. The van der Waals surface area contributed by atoms with Crippen LogP contribution in [-0.4, -0.2) is 32.5 Å². The van der Waals surface area contributed by atoms with E-state index < -0.39 is 12.1 Å². The number of imidazole rings is 1. The first-order valence-corrected chi connectivity index (χ1v) is 9.17. The molecule has 0 fully saturated rings. The summed E-state index contributed by atoms with van der Waals surface area (Å²) in [6.45, 7) is -0.238. The lowest BCUT2D eigenvalue weighted by atomic mass is 10.1. The maximum Gasteiger partial charge on any atom is 0.471 e. The molecule has 0 saturated heterocycles. The van der Waals surface area contributed by atoms with Gasteiger partial charge in [-0.3, -0.25) is 9.59 Å². The minimum Gasteiger partial charge on any atom is -0.345 e. The number of carbonyl (C=O) groups is 2. The molecule has 158 valence electrons. The van der Waals surface area contributed by atoms with Gasteiger partial charge in [0, 0.05) is 30.3 Å². The van der Waals surface area contributed by atoms with Crippen LogP contribution in [0.1, 0.15) is 15.9 Å². The number of nitrogens with zero attached hydrogens (tertiary/aromatic N) is 2. The van der Waals surface area contributed by atoms with Crippen molar-refractivity contribution in [2.24, 2.45) is 0 Å². The quantitative estimate of drug-likeness (QED) is 0.453. The van der Waals surface area contributed by atoms with Crippen LogP contribution < -0.4 is 10.6 Å². The highest BCUT2D eigenvalue weighted by atomic mass is 19.4. The van der Waals surface area contributed by atoms with Crippen LogP contribution in [0.5, 0.6) is 0 Å². The molecule has 0 unspecified atom stereocenters. The summed E-state index contributed by atoms with van der Waals surface area (Å²) >= 11 is 0. The van der Waals surface area contributed by atoms with Gasteiger partial charge < -0.3 is 20.2 Å². The molecule has 0 bridgehead atoms. The molecule has 0 atom stereocenters. The number of carbonyl (C=O) groups excluding carboxylic acids is 2. The SMILES string of the molecule is O=C(Nc1ccc(-n2ccc(CNC(=O)C(F)(F)F)c2)cc1)c1cccc2[nH]cnc12. The van der Waals surface area contributed by atoms with Crippen molar-refractivity contribution in [2.75, 3.05) is 5.32 Å². The Morgan fingerprint density at radius 1 is 1.06 bits per heavy atom. The average Bonchev–Trinajstić information content (AvgIpc) is 3.41. The molecular weight excluding hydrogens is 411 g/mol. The van der Waals surface area contributed by atoms with Crippen molar-refractivity contribution >= 4 is 28.5 Å². The van der Waals surface area contributed by atoms with E-state index in [1.807, 2.05) is 11.4 Å². The largest absolute Gasteiger partial charge is 0.471 e. The second kappa shape index (κ2) is 7.98. The van der Waals surface area contributed by atoms with Crippen LogP contribution in [0.3, 0.4) is 0 Å². The maximum absolute atomic E-state index is 12.6. The molecule has 2 heterocycles. The van der Waals surface area contributed by atoms with E-state index in [4.69, 9.17) is 0 Å². The zero-order valence-electron chi connectivity index (χ0n) is 15.9. The summed E-state index contributed by atoms with van der Waals surface area (Å²) in [5, 5.41) is 4.64. The van der Waals surface area contributed by atoms with E-state index in [1.54, 1.807) is 59.4 Å². The predicted molar refractivity (Wildman–Crippen MR) is 108 cm³/mol. The highest BCUT2D eigenvalue weighted by Gasteiger charge is 2.38. The van der Waals surface area contributed by atoms with E-state index >= 15 is 0 Å². The van der Waals surface area contributed by atoms with Crippen LogP contribution in [0.2, 0.25) is 0 Å². The van der Waals surface area contributed by atoms with Gasteiger partial charge in [0.05, 0.1) is 17.4 Å². The fraction of sp³-hybridized carbons (Fsp3) is 0.0952. The normalized spacial score (nSPS) is 11.5. The second-order valence-corrected chi connectivity index (χ2v) is 6.71. The van der Waals surface area contributed by atoms with Gasteiger partial charge >= 0.3 is 12.1 Å². The monoisotopic (exact) mass is 427 g/mol.